The summed E-state index contributed by atoms with van der Waals surface area (Å²) in [6, 6.07) is 6.11. The number of nitriles is 1. The lowest BCUT2D eigenvalue weighted by Crippen LogP contribution is -2.09. The minimum atomic E-state index is -0.495. The second kappa shape index (κ2) is 4.54. The van der Waals surface area contributed by atoms with Crippen LogP contribution in [-0.2, 0) is 0 Å². The molecule has 0 amide bonds. The maximum absolute atomic E-state index is 12.9. The van der Waals surface area contributed by atoms with Gasteiger partial charge < -0.3 is 5.73 Å². The summed E-state index contributed by atoms with van der Waals surface area (Å²) < 4.78 is 12.9. The molecule has 0 heterocycles. The standard InChI is InChI=1S/C11H11FN2/c1-8(14)2-3-9-4-5-11(12)10(6-9)7-13/h2-6,8H,14H2,1H3/b3-2+. The van der Waals surface area contributed by atoms with Gasteiger partial charge in [-0.25, -0.2) is 4.39 Å². The SMILES string of the molecule is CC(N)/C=C/c1ccc(F)c(C#N)c1. The zero-order valence-corrected chi connectivity index (χ0v) is 7.87. The van der Waals surface area contributed by atoms with Gasteiger partial charge in [0.2, 0.25) is 0 Å². The summed E-state index contributed by atoms with van der Waals surface area (Å²) in [5, 5.41) is 8.58. The van der Waals surface area contributed by atoms with E-state index in [4.69, 9.17) is 11.0 Å². The van der Waals surface area contributed by atoms with Crippen molar-refractivity contribution in [1.29, 1.82) is 5.26 Å². The second-order valence-electron chi connectivity index (χ2n) is 3.07. The van der Waals surface area contributed by atoms with Crippen molar-refractivity contribution in [1.82, 2.24) is 0 Å². The minimum Gasteiger partial charge on any atom is -0.325 e. The fourth-order valence-electron chi connectivity index (χ4n) is 0.995. The molecule has 0 saturated heterocycles. The van der Waals surface area contributed by atoms with Gasteiger partial charge in [0.1, 0.15) is 11.9 Å². The largest absolute Gasteiger partial charge is 0.325 e. The van der Waals surface area contributed by atoms with E-state index < -0.39 is 5.82 Å². The van der Waals surface area contributed by atoms with Crippen LogP contribution in [0.5, 0.6) is 0 Å². The van der Waals surface area contributed by atoms with E-state index in [-0.39, 0.29) is 11.6 Å². The molecular formula is C11H11FN2. The highest BCUT2D eigenvalue weighted by atomic mass is 19.1. The monoisotopic (exact) mass is 190 g/mol. The molecule has 0 aromatic heterocycles. The van der Waals surface area contributed by atoms with E-state index in [0.29, 0.717) is 0 Å². The molecule has 0 radical (unpaired) electrons. The van der Waals surface area contributed by atoms with Crippen LogP contribution in [-0.4, -0.2) is 6.04 Å². The molecule has 1 rings (SSSR count). The first kappa shape index (κ1) is 10.4. The van der Waals surface area contributed by atoms with Crippen LogP contribution in [0.4, 0.5) is 4.39 Å². The zero-order valence-electron chi connectivity index (χ0n) is 7.87. The van der Waals surface area contributed by atoms with Crippen molar-refractivity contribution in [2.45, 2.75) is 13.0 Å². The average Bonchev–Trinajstić information content (AvgIpc) is 2.16. The third-order valence-electron chi connectivity index (χ3n) is 1.70. The van der Waals surface area contributed by atoms with Crippen molar-refractivity contribution >= 4 is 6.08 Å². The number of nitrogens with zero attached hydrogens (tertiary/aromatic N) is 1. The van der Waals surface area contributed by atoms with Crippen molar-refractivity contribution in [3.8, 4) is 6.07 Å². The van der Waals surface area contributed by atoms with E-state index in [1.165, 1.54) is 12.1 Å². The molecule has 0 aliphatic carbocycles. The molecule has 0 aliphatic heterocycles. The van der Waals surface area contributed by atoms with E-state index in [0.717, 1.165) is 5.56 Å². The van der Waals surface area contributed by atoms with Gasteiger partial charge in [-0.2, -0.15) is 5.26 Å². The highest BCUT2D eigenvalue weighted by Crippen LogP contribution is 2.10. The van der Waals surface area contributed by atoms with E-state index >= 15 is 0 Å². The smallest absolute Gasteiger partial charge is 0.140 e. The van der Waals surface area contributed by atoms with Crippen molar-refractivity contribution in [3.05, 3.63) is 41.2 Å². The Morgan fingerprint density at radius 3 is 2.86 bits per heavy atom. The highest BCUT2D eigenvalue weighted by molar-refractivity contribution is 5.53. The summed E-state index contributed by atoms with van der Waals surface area (Å²) in [5.41, 5.74) is 6.35. The average molecular weight is 190 g/mol. The molecule has 1 aromatic carbocycles. The highest BCUT2D eigenvalue weighted by Gasteiger charge is 2.00. The van der Waals surface area contributed by atoms with Crippen LogP contribution >= 0.6 is 0 Å². The van der Waals surface area contributed by atoms with E-state index in [9.17, 15) is 4.39 Å². The van der Waals surface area contributed by atoms with E-state index in [1.54, 1.807) is 24.3 Å². The molecule has 72 valence electrons. The lowest BCUT2D eigenvalue weighted by atomic mass is 10.1. The predicted molar refractivity (Wildman–Crippen MR) is 53.8 cm³/mol. The fraction of sp³-hybridized carbons (Fsp3) is 0.182. The lowest BCUT2D eigenvalue weighted by Gasteiger charge is -1.97. The Labute approximate surface area is 82.5 Å². The van der Waals surface area contributed by atoms with Crippen LogP contribution in [0.3, 0.4) is 0 Å². The first-order chi connectivity index (χ1) is 6.63. The Hall–Kier alpha value is -1.66. The Morgan fingerprint density at radius 1 is 1.57 bits per heavy atom. The lowest BCUT2D eigenvalue weighted by molar-refractivity contribution is 0.624. The van der Waals surface area contributed by atoms with Crippen molar-refractivity contribution in [3.63, 3.8) is 0 Å². The molecule has 3 heteroatoms. The molecular weight excluding hydrogens is 179 g/mol. The molecule has 1 atom stereocenters. The Kier molecular flexibility index (Phi) is 3.38. The van der Waals surface area contributed by atoms with Gasteiger partial charge in [-0.1, -0.05) is 18.2 Å². The molecule has 14 heavy (non-hydrogen) atoms. The molecule has 2 nitrogen and oxygen atoms in total. The zero-order chi connectivity index (χ0) is 10.6. The van der Waals surface area contributed by atoms with Gasteiger partial charge in [-0.05, 0) is 24.6 Å². The normalized spacial score (nSPS) is 12.7. The van der Waals surface area contributed by atoms with Gasteiger partial charge in [0.15, 0.2) is 0 Å². The van der Waals surface area contributed by atoms with E-state index in [2.05, 4.69) is 0 Å². The van der Waals surface area contributed by atoms with Crippen LogP contribution in [0, 0.1) is 17.1 Å². The molecule has 0 aliphatic rings. The van der Waals surface area contributed by atoms with Crippen LogP contribution in [0.2, 0.25) is 0 Å². The van der Waals surface area contributed by atoms with Crippen LogP contribution in [0.15, 0.2) is 24.3 Å². The molecule has 0 bridgehead atoms. The molecule has 1 aromatic rings. The summed E-state index contributed by atoms with van der Waals surface area (Å²) in [4.78, 5) is 0. The van der Waals surface area contributed by atoms with Crippen molar-refractivity contribution in [2.75, 3.05) is 0 Å². The quantitative estimate of drug-likeness (QED) is 0.776. The van der Waals surface area contributed by atoms with Gasteiger partial charge in [-0.3, -0.25) is 0 Å². The second-order valence-corrected chi connectivity index (χ2v) is 3.07. The van der Waals surface area contributed by atoms with Crippen LogP contribution in [0.25, 0.3) is 6.08 Å². The molecule has 1 unspecified atom stereocenters. The number of benzene rings is 1. The van der Waals surface area contributed by atoms with Gasteiger partial charge >= 0.3 is 0 Å². The summed E-state index contributed by atoms with van der Waals surface area (Å²) in [6.45, 7) is 1.84. The molecule has 0 fully saturated rings. The first-order valence-corrected chi connectivity index (χ1v) is 4.27. The van der Waals surface area contributed by atoms with Gasteiger partial charge in [-0.15, -0.1) is 0 Å². The number of rotatable bonds is 2. The molecule has 0 saturated carbocycles. The Balaban J connectivity index is 2.97. The van der Waals surface area contributed by atoms with Crippen LogP contribution in [0.1, 0.15) is 18.1 Å². The topological polar surface area (TPSA) is 49.8 Å². The van der Waals surface area contributed by atoms with E-state index in [1.807, 2.05) is 6.92 Å². The summed E-state index contributed by atoms with van der Waals surface area (Å²) in [6.07, 6.45) is 3.55. The Bertz CT molecular complexity index is 389. The number of nitrogens with two attached hydrogens (primary N) is 1. The number of hydrogen-bond donors (Lipinski definition) is 1. The summed E-state index contributed by atoms with van der Waals surface area (Å²) in [7, 11) is 0. The van der Waals surface area contributed by atoms with Gasteiger partial charge in [0, 0.05) is 6.04 Å². The molecule has 2 N–H and O–H groups in total. The summed E-state index contributed by atoms with van der Waals surface area (Å²) in [5.74, 6) is -0.495. The Morgan fingerprint density at radius 2 is 2.29 bits per heavy atom. The third-order valence-corrected chi connectivity index (χ3v) is 1.70. The van der Waals surface area contributed by atoms with Gasteiger partial charge in [0.25, 0.3) is 0 Å². The predicted octanol–water partition coefficient (Wildman–Crippen LogP) is 2.06. The molecule has 0 spiro atoms. The van der Waals surface area contributed by atoms with Crippen LogP contribution < -0.4 is 5.73 Å². The van der Waals surface area contributed by atoms with Gasteiger partial charge in [0.05, 0.1) is 5.56 Å². The minimum absolute atomic E-state index is 0.0504. The maximum atomic E-state index is 12.9. The first-order valence-electron chi connectivity index (χ1n) is 4.27. The number of hydrogen-bond acceptors (Lipinski definition) is 2. The maximum Gasteiger partial charge on any atom is 0.140 e. The number of halogens is 1. The van der Waals surface area contributed by atoms with Crippen molar-refractivity contribution < 1.29 is 4.39 Å². The third kappa shape index (κ3) is 2.68. The van der Waals surface area contributed by atoms with Crippen molar-refractivity contribution in [2.24, 2.45) is 5.73 Å². The summed E-state index contributed by atoms with van der Waals surface area (Å²) >= 11 is 0. The fourth-order valence-corrected chi connectivity index (χ4v) is 0.995.